The summed E-state index contributed by atoms with van der Waals surface area (Å²) in [5.74, 6) is -0.206. The largest absolute Gasteiger partial charge is 0.484 e. The van der Waals surface area contributed by atoms with E-state index in [0.717, 1.165) is 22.0 Å². The number of aromatic nitrogens is 1. The molecular weight excluding hydrogens is 521 g/mol. The minimum atomic E-state index is -0.800. The number of aromatic amines is 1. The predicted molar refractivity (Wildman–Crippen MR) is 144 cm³/mol. The summed E-state index contributed by atoms with van der Waals surface area (Å²) in [5.41, 5.74) is 2.75. The molecule has 36 heavy (non-hydrogen) atoms. The SMILES string of the molecule is O=C(COc1ccc(Cl)cc1)NC(Cc1c[nH]c2ccccc12)C(=O)NCCc1ccc(Cl)cc1Cl. The number of ether oxygens (including phenoxy) is 1. The van der Waals surface area contributed by atoms with Gasteiger partial charge < -0.3 is 20.4 Å². The molecule has 1 atom stereocenters. The lowest BCUT2D eigenvalue weighted by Crippen LogP contribution is -2.49. The summed E-state index contributed by atoms with van der Waals surface area (Å²) in [7, 11) is 0. The summed E-state index contributed by atoms with van der Waals surface area (Å²) >= 11 is 18.1. The average Bonchev–Trinajstić information content (AvgIpc) is 3.27. The molecule has 0 fully saturated rings. The van der Waals surface area contributed by atoms with Gasteiger partial charge in [-0.2, -0.15) is 0 Å². The molecular formula is C27H24Cl3N3O3. The van der Waals surface area contributed by atoms with Crippen LogP contribution in [0.3, 0.4) is 0 Å². The smallest absolute Gasteiger partial charge is 0.258 e. The maximum Gasteiger partial charge on any atom is 0.258 e. The van der Waals surface area contributed by atoms with Gasteiger partial charge >= 0.3 is 0 Å². The Morgan fingerprint density at radius 1 is 0.917 bits per heavy atom. The van der Waals surface area contributed by atoms with Gasteiger partial charge in [0.25, 0.3) is 5.91 Å². The summed E-state index contributed by atoms with van der Waals surface area (Å²) in [6.45, 7) is 0.112. The summed E-state index contributed by atoms with van der Waals surface area (Å²) in [4.78, 5) is 29.0. The van der Waals surface area contributed by atoms with Crippen LogP contribution in [-0.2, 0) is 22.4 Å². The average molecular weight is 545 g/mol. The second kappa shape index (κ2) is 12.2. The molecule has 4 aromatic rings. The first-order chi connectivity index (χ1) is 17.4. The van der Waals surface area contributed by atoms with E-state index in [2.05, 4.69) is 15.6 Å². The first-order valence-electron chi connectivity index (χ1n) is 11.3. The number of hydrogen-bond donors (Lipinski definition) is 3. The number of fused-ring (bicyclic) bond motifs is 1. The van der Waals surface area contributed by atoms with Gasteiger partial charge in [0.15, 0.2) is 6.61 Å². The van der Waals surface area contributed by atoms with Crippen molar-refractivity contribution < 1.29 is 14.3 Å². The van der Waals surface area contributed by atoms with Gasteiger partial charge in [-0.25, -0.2) is 0 Å². The number of carbonyl (C=O) groups is 2. The normalized spacial score (nSPS) is 11.8. The van der Waals surface area contributed by atoms with E-state index in [4.69, 9.17) is 39.5 Å². The van der Waals surface area contributed by atoms with Crippen molar-refractivity contribution in [3.63, 3.8) is 0 Å². The van der Waals surface area contributed by atoms with E-state index in [1.807, 2.05) is 36.5 Å². The van der Waals surface area contributed by atoms with Crippen LogP contribution in [0.4, 0.5) is 0 Å². The van der Waals surface area contributed by atoms with Crippen molar-refractivity contribution in [1.82, 2.24) is 15.6 Å². The van der Waals surface area contributed by atoms with Crippen LogP contribution in [0, 0.1) is 0 Å². The van der Waals surface area contributed by atoms with Crippen molar-refractivity contribution in [3.05, 3.63) is 99.1 Å². The Morgan fingerprint density at radius 3 is 2.44 bits per heavy atom. The van der Waals surface area contributed by atoms with E-state index >= 15 is 0 Å². The van der Waals surface area contributed by atoms with E-state index in [-0.39, 0.29) is 12.5 Å². The molecule has 0 aliphatic carbocycles. The number of rotatable bonds is 10. The second-order valence-corrected chi connectivity index (χ2v) is 9.48. The van der Waals surface area contributed by atoms with Crippen LogP contribution in [0.5, 0.6) is 5.75 Å². The molecule has 4 rings (SSSR count). The zero-order valence-corrected chi connectivity index (χ0v) is 21.5. The number of nitrogens with one attached hydrogen (secondary N) is 3. The standard InChI is InChI=1S/C27H24Cl3N3O3/c28-19-7-9-21(10-8-19)36-16-26(34)33-25(13-18-15-32-24-4-2-1-3-22(18)24)27(35)31-12-11-17-5-6-20(29)14-23(17)30/h1-10,14-15,25,32H,11-13,16H2,(H,31,35)(H,33,34). The zero-order chi connectivity index (χ0) is 25.5. The van der Waals surface area contributed by atoms with E-state index in [0.29, 0.717) is 40.2 Å². The number of amides is 2. The monoisotopic (exact) mass is 543 g/mol. The summed E-state index contributed by atoms with van der Waals surface area (Å²) in [5, 5.41) is 8.38. The number of carbonyl (C=O) groups excluding carboxylic acids is 2. The second-order valence-electron chi connectivity index (χ2n) is 8.20. The molecule has 1 aromatic heterocycles. The first kappa shape index (κ1) is 25.9. The lowest BCUT2D eigenvalue weighted by Gasteiger charge is -2.19. The molecule has 0 spiro atoms. The molecule has 0 radical (unpaired) electrons. The van der Waals surface area contributed by atoms with Crippen LogP contribution in [0.25, 0.3) is 10.9 Å². The summed E-state index contributed by atoms with van der Waals surface area (Å²) in [6, 6.07) is 19.0. The van der Waals surface area contributed by atoms with Gasteiger partial charge in [-0.1, -0.05) is 59.1 Å². The van der Waals surface area contributed by atoms with Gasteiger partial charge in [0.05, 0.1) is 0 Å². The molecule has 9 heteroatoms. The van der Waals surface area contributed by atoms with Gasteiger partial charge in [0, 0.05) is 45.1 Å². The fourth-order valence-electron chi connectivity index (χ4n) is 3.81. The highest BCUT2D eigenvalue weighted by molar-refractivity contribution is 6.35. The van der Waals surface area contributed by atoms with Gasteiger partial charge in [0.2, 0.25) is 5.91 Å². The number of benzene rings is 3. The number of para-hydroxylation sites is 1. The molecule has 0 bridgehead atoms. The van der Waals surface area contributed by atoms with Crippen LogP contribution >= 0.6 is 34.8 Å². The minimum Gasteiger partial charge on any atom is -0.484 e. The quantitative estimate of drug-likeness (QED) is 0.243. The molecule has 0 saturated heterocycles. The third-order valence-corrected chi connectivity index (χ3v) is 6.48. The molecule has 6 nitrogen and oxygen atoms in total. The fraction of sp³-hybridized carbons (Fsp3) is 0.185. The van der Waals surface area contributed by atoms with Crippen LogP contribution < -0.4 is 15.4 Å². The molecule has 3 aromatic carbocycles. The Morgan fingerprint density at radius 2 is 1.67 bits per heavy atom. The molecule has 1 unspecified atom stereocenters. The Hall–Kier alpha value is -3.19. The highest BCUT2D eigenvalue weighted by Gasteiger charge is 2.23. The van der Waals surface area contributed by atoms with Crippen molar-refractivity contribution >= 4 is 57.5 Å². The number of halogens is 3. The van der Waals surface area contributed by atoms with Crippen LogP contribution in [0.15, 0.2) is 72.9 Å². The first-order valence-corrected chi connectivity index (χ1v) is 12.5. The van der Waals surface area contributed by atoms with Crippen LogP contribution in [0.1, 0.15) is 11.1 Å². The summed E-state index contributed by atoms with van der Waals surface area (Å²) in [6.07, 6.45) is 2.69. The van der Waals surface area contributed by atoms with Crippen LogP contribution in [-0.4, -0.2) is 36.0 Å². The molecule has 186 valence electrons. The topological polar surface area (TPSA) is 83.2 Å². The molecule has 0 aliphatic heterocycles. The zero-order valence-electron chi connectivity index (χ0n) is 19.2. The molecule has 2 amide bonds. The van der Waals surface area contributed by atoms with Crippen molar-refractivity contribution in [2.24, 2.45) is 0 Å². The van der Waals surface area contributed by atoms with Gasteiger partial charge in [-0.3, -0.25) is 9.59 Å². The van der Waals surface area contributed by atoms with E-state index in [1.165, 1.54) is 0 Å². The maximum atomic E-state index is 13.1. The van der Waals surface area contributed by atoms with Crippen LogP contribution in [0.2, 0.25) is 15.1 Å². The minimum absolute atomic E-state index is 0.236. The van der Waals surface area contributed by atoms with Crippen molar-refractivity contribution in [1.29, 1.82) is 0 Å². The van der Waals surface area contributed by atoms with E-state index in [1.54, 1.807) is 36.4 Å². The lowest BCUT2D eigenvalue weighted by molar-refractivity contribution is -0.130. The number of H-pyrrole nitrogens is 1. The molecule has 3 N–H and O–H groups in total. The Bertz CT molecular complexity index is 1360. The Labute approximate surface area is 223 Å². The molecule has 0 aliphatic rings. The third-order valence-electron chi connectivity index (χ3n) is 5.64. The van der Waals surface area contributed by atoms with Crippen molar-refractivity contribution in [3.8, 4) is 5.75 Å². The van der Waals surface area contributed by atoms with Crippen molar-refractivity contribution in [2.45, 2.75) is 18.9 Å². The lowest BCUT2D eigenvalue weighted by atomic mass is 10.0. The van der Waals surface area contributed by atoms with Gasteiger partial charge in [0.1, 0.15) is 11.8 Å². The molecule has 0 saturated carbocycles. The van der Waals surface area contributed by atoms with Gasteiger partial charge in [-0.05, 0) is 60.0 Å². The van der Waals surface area contributed by atoms with E-state index < -0.39 is 11.9 Å². The van der Waals surface area contributed by atoms with E-state index in [9.17, 15) is 9.59 Å². The highest BCUT2D eigenvalue weighted by atomic mass is 35.5. The fourth-order valence-corrected chi connectivity index (χ4v) is 4.44. The van der Waals surface area contributed by atoms with Gasteiger partial charge in [-0.15, -0.1) is 0 Å². The predicted octanol–water partition coefficient (Wildman–Crippen LogP) is 5.59. The Balaban J connectivity index is 1.41. The summed E-state index contributed by atoms with van der Waals surface area (Å²) < 4.78 is 5.54. The Kier molecular flexibility index (Phi) is 8.75. The maximum absolute atomic E-state index is 13.1. The molecule has 1 heterocycles. The van der Waals surface area contributed by atoms with Crippen molar-refractivity contribution in [2.75, 3.05) is 13.2 Å². The number of hydrogen-bond acceptors (Lipinski definition) is 3. The third kappa shape index (κ3) is 6.94. The highest BCUT2D eigenvalue weighted by Crippen LogP contribution is 2.22.